The van der Waals surface area contributed by atoms with Crippen LogP contribution in [0.3, 0.4) is 0 Å². The van der Waals surface area contributed by atoms with Gasteiger partial charge in [0.25, 0.3) is 0 Å². The Bertz CT molecular complexity index is 2830. The summed E-state index contributed by atoms with van der Waals surface area (Å²) < 4.78 is 0. The molecule has 3 aliphatic carbocycles. The lowest BCUT2D eigenvalue weighted by atomic mass is 9.67. The summed E-state index contributed by atoms with van der Waals surface area (Å²) in [5.41, 5.74) is 21.9. The summed E-state index contributed by atoms with van der Waals surface area (Å²) in [5, 5.41) is 2.67. The average Bonchev–Trinajstić information content (AvgIpc) is 3.59. The maximum atomic E-state index is 2.52. The van der Waals surface area contributed by atoms with Crippen molar-refractivity contribution < 1.29 is 0 Å². The molecule has 1 nitrogen and oxygen atoms in total. The highest BCUT2D eigenvalue weighted by Gasteiger charge is 2.39. The summed E-state index contributed by atoms with van der Waals surface area (Å²) in [7, 11) is 0. The number of anilines is 3. The van der Waals surface area contributed by atoms with Gasteiger partial charge in [-0.15, -0.1) is 0 Å². The summed E-state index contributed by atoms with van der Waals surface area (Å²) in [5.74, 6) is 0. The van der Waals surface area contributed by atoms with E-state index >= 15 is 0 Å². The maximum absolute atomic E-state index is 2.52. The van der Waals surface area contributed by atoms with E-state index in [9.17, 15) is 0 Å². The Morgan fingerprint density at radius 2 is 0.750 bits per heavy atom. The lowest BCUT2D eigenvalue weighted by molar-refractivity contribution is 0.645. The molecule has 1 heteroatoms. The topological polar surface area (TPSA) is 3.24 Å². The predicted molar refractivity (Wildman–Crippen MR) is 237 cm³/mol. The fourth-order valence-corrected chi connectivity index (χ4v) is 10.7. The third-order valence-electron chi connectivity index (χ3n) is 13.7. The van der Waals surface area contributed by atoms with Crippen molar-refractivity contribution in [2.45, 2.75) is 57.8 Å². The van der Waals surface area contributed by atoms with Crippen molar-refractivity contribution in [3.05, 3.63) is 197 Å². The van der Waals surface area contributed by atoms with Crippen LogP contribution in [-0.4, -0.2) is 0 Å². The minimum absolute atomic E-state index is 0.108. The molecule has 0 atom stereocenters. The molecule has 270 valence electrons. The van der Waals surface area contributed by atoms with Crippen LogP contribution in [0.15, 0.2) is 164 Å². The second-order valence-electron chi connectivity index (χ2n) is 17.7. The fourth-order valence-electron chi connectivity index (χ4n) is 10.7. The van der Waals surface area contributed by atoms with Crippen molar-refractivity contribution in [3.8, 4) is 44.5 Å². The quantitative estimate of drug-likeness (QED) is 0.175. The van der Waals surface area contributed by atoms with Crippen LogP contribution in [0.1, 0.15) is 74.9 Å². The van der Waals surface area contributed by atoms with Crippen molar-refractivity contribution in [3.63, 3.8) is 0 Å². The molecule has 0 saturated carbocycles. The van der Waals surface area contributed by atoms with Crippen LogP contribution in [-0.2, 0) is 16.2 Å². The molecule has 0 spiro atoms. The van der Waals surface area contributed by atoms with E-state index in [-0.39, 0.29) is 16.2 Å². The monoisotopic (exact) mass is 719 g/mol. The van der Waals surface area contributed by atoms with E-state index in [2.05, 4.69) is 210 Å². The number of benzene rings is 8. The first-order valence-electron chi connectivity index (χ1n) is 20.1. The SMILES string of the molecule is CC1(C)c2ccccc2-c2ccc(N(c3ccc4c(c3)C(C)(C)c3ccccc3-4)c3ccc4c(c3)C(C)(C)c3cccc5ccc(-c6ccccc6)c-4c35)cc21. The normalized spacial score (nSPS) is 15.8. The zero-order valence-electron chi connectivity index (χ0n) is 33.0. The molecule has 8 aromatic carbocycles. The van der Waals surface area contributed by atoms with Gasteiger partial charge in [-0.25, -0.2) is 0 Å². The Balaban J connectivity index is 1.15. The molecule has 56 heavy (non-hydrogen) atoms. The lowest BCUT2D eigenvalue weighted by Gasteiger charge is -2.37. The number of fused-ring (bicyclic) bond motifs is 8. The molecule has 0 N–H and O–H groups in total. The third-order valence-corrected chi connectivity index (χ3v) is 13.7. The highest BCUT2D eigenvalue weighted by atomic mass is 15.1. The highest BCUT2D eigenvalue weighted by molar-refractivity contribution is 6.09. The van der Waals surface area contributed by atoms with Gasteiger partial charge in [-0.2, -0.15) is 0 Å². The Hall–Kier alpha value is -6.18. The summed E-state index contributed by atoms with van der Waals surface area (Å²) in [6, 6.07) is 61.9. The van der Waals surface area contributed by atoms with E-state index in [1.165, 1.54) is 106 Å². The van der Waals surface area contributed by atoms with Gasteiger partial charge in [0.2, 0.25) is 0 Å². The molecule has 11 rings (SSSR count). The van der Waals surface area contributed by atoms with Crippen molar-refractivity contribution in [1.82, 2.24) is 0 Å². The third kappa shape index (κ3) is 4.43. The largest absolute Gasteiger partial charge is 0.310 e. The summed E-state index contributed by atoms with van der Waals surface area (Å²) in [6.07, 6.45) is 0. The first-order valence-corrected chi connectivity index (χ1v) is 20.1. The lowest BCUT2D eigenvalue weighted by Crippen LogP contribution is -2.24. The average molecular weight is 720 g/mol. The molecule has 8 aromatic rings. The van der Waals surface area contributed by atoms with E-state index in [1.807, 2.05) is 0 Å². The number of nitrogens with zero attached hydrogens (tertiary/aromatic N) is 1. The Labute approximate surface area is 330 Å². The van der Waals surface area contributed by atoms with Gasteiger partial charge in [0.15, 0.2) is 0 Å². The second-order valence-corrected chi connectivity index (χ2v) is 17.7. The van der Waals surface area contributed by atoms with Crippen LogP contribution in [0.5, 0.6) is 0 Å². The van der Waals surface area contributed by atoms with E-state index < -0.39 is 0 Å². The fraction of sp³-hybridized carbons (Fsp3) is 0.164. The van der Waals surface area contributed by atoms with Gasteiger partial charge in [-0.3, -0.25) is 0 Å². The van der Waals surface area contributed by atoms with Crippen molar-refractivity contribution in [2.24, 2.45) is 0 Å². The van der Waals surface area contributed by atoms with Crippen LogP contribution in [0.4, 0.5) is 17.1 Å². The molecule has 0 bridgehead atoms. The van der Waals surface area contributed by atoms with Crippen LogP contribution in [0.25, 0.3) is 55.3 Å². The number of rotatable bonds is 4. The van der Waals surface area contributed by atoms with Gasteiger partial charge in [0.05, 0.1) is 0 Å². The molecule has 0 aromatic heterocycles. The predicted octanol–water partition coefficient (Wildman–Crippen LogP) is 14.9. The second kappa shape index (κ2) is 11.4. The Kier molecular flexibility index (Phi) is 6.77. The Morgan fingerprint density at radius 1 is 0.321 bits per heavy atom. The van der Waals surface area contributed by atoms with Crippen LogP contribution < -0.4 is 4.90 Å². The molecular formula is C55H45N. The molecule has 0 aliphatic heterocycles. The zero-order chi connectivity index (χ0) is 38.1. The molecule has 3 aliphatic rings. The zero-order valence-corrected chi connectivity index (χ0v) is 33.0. The van der Waals surface area contributed by atoms with Crippen LogP contribution in [0.2, 0.25) is 0 Å². The van der Waals surface area contributed by atoms with Crippen molar-refractivity contribution in [2.75, 3.05) is 4.90 Å². The summed E-state index contributed by atoms with van der Waals surface area (Å²) in [4.78, 5) is 2.52. The number of hydrogen-bond donors (Lipinski definition) is 0. The van der Waals surface area contributed by atoms with Gasteiger partial charge in [0, 0.05) is 33.3 Å². The first-order chi connectivity index (χ1) is 27.0. The van der Waals surface area contributed by atoms with Crippen molar-refractivity contribution >= 4 is 27.8 Å². The molecule has 0 fully saturated rings. The minimum atomic E-state index is -0.220. The Morgan fingerprint density at radius 3 is 1.32 bits per heavy atom. The van der Waals surface area contributed by atoms with Gasteiger partial charge in [0.1, 0.15) is 0 Å². The molecule has 0 unspecified atom stereocenters. The van der Waals surface area contributed by atoms with E-state index in [0.29, 0.717) is 0 Å². The molecule has 0 saturated heterocycles. The van der Waals surface area contributed by atoms with Gasteiger partial charge in [-0.1, -0.05) is 169 Å². The van der Waals surface area contributed by atoms with Crippen LogP contribution >= 0.6 is 0 Å². The highest BCUT2D eigenvalue weighted by Crippen LogP contribution is 2.56. The van der Waals surface area contributed by atoms with E-state index in [4.69, 9.17) is 0 Å². The summed E-state index contributed by atoms with van der Waals surface area (Å²) >= 11 is 0. The van der Waals surface area contributed by atoms with Gasteiger partial charge < -0.3 is 4.90 Å². The summed E-state index contributed by atoms with van der Waals surface area (Å²) in [6.45, 7) is 14.3. The molecule has 0 radical (unpaired) electrons. The van der Waals surface area contributed by atoms with Crippen LogP contribution in [0, 0.1) is 0 Å². The minimum Gasteiger partial charge on any atom is -0.310 e. The molecule has 0 amide bonds. The van der Waals surface area contributed by atoms with E-state index in [1.54, 1.807) is 0 Å². The standard InChI is InChI=1S/C55H45N/c1-53(2)45-20-12-10-18-40(45)42-28-24-36(31-48(42)53)56(37-25-29-43-41-19-11-13-21-46(41)54(3,4)49(43)32-37)38-26-30-44-50(33-38)55(5,6)47-22-14-17-35-23-27-39(52(44)51(35)47)34-15-8-7-9-16-34/h7-33H,1-6H3. The van der Waals surface area contributed by atoms with Crippen molar-refractivity contribution in [1.29, 1.82) is 0 Å². The number of hydrogen-bond acceptors (Lipinski definition) is 1. The van der Waals surface area contributed by atoms with Gasteiger partial charge in [-0.05, 0) is 125 Å². The smallest absolute Gasteiger partial charge is 0.0465 e. The first kappa shape index (κ1) is 33.2. The van der Waals surface area contributed by atoms with Gasteiger partial charge >= 0.3 is 0 Å². The molecular weight excluding hydrogens is 675 g/mol. The van der Waals surface area contributed by atoms with E-state index in [0.717, 1.165) is 0 Å². The molecule has 0 heterocycles. The maximum Gasteiger partial charge on any atom is 0.0465 e.